The van der Waals surface area contributed by atoms with E-state index in [0.29, 0.717) is 0 Å². The maximum Gasteiger partial charge on any atom is 0.105 e. The highest BCUT2D eigenvalue weighted by Crippen LogP contribution is 2.03. The molecule has 0 saturated heterocycles. The maximum absolute atomic E-state index is 4.23. The summed E-state index contributed by atoms with van der Waals surface area (Å²) in [4.78, 5) is 4.23. The molecular formula is C8H15N3. The molecule has 0 aromatic carbocycles. The molecule has 1 heterocycles. The van der Waals surface area contributed by atoms with Crippen LogP contribution in [0.5, 0.6) is 0 Å². The minimum absolute atomic E-state index is 0.898. The fraction of sp³-hybridized carbons (Fsp3) is 0.625. The smallest absolute Gasteiger partial charge is 0.105 e. The first kappa shape index (κ1) is 8.27. The van der Waals surface area contributed by atoms with E-state index < -0.39 is 0 Å². The molecule has 1 rings (SSSR count). The van der Waals surface area contributed by atoms with Gasteiger partial charge in [0.05, 0.1) is 5.69 Å². The Morgan fingerprint density at radius 1 is 1.64 bits per heavy atom. The van der Waals surface area contributed by atoms with Crippen LogP contribution in [0.4, 0.5) is 0 Å². The summed E-state index contributed by atoms with van der Waals surface area (Å²) in [6, 6.07) is 0. The van der Waals surface area contributed by atoms with Gasteiger partial charge in [-0.3, -0.25) is 0 Å². The Bertz CT molecular complexity index is 227. The van der Waals surface area contributed by atoms with Gasteiger partial charge < -0.3 is 9.88 Å². The van der Waals surface area contributed by atoms with Gasteiger partial charge in [-0.2, -0.15) is 0 Å². The van der Waals surface area contributed by atoms with Crippen molar-refractivity contribution in [3.63, 3.8) is 0 Å². The lowest BCUT2D eigenvalue weighted by molar-refractivity contribution is 0.657. The average Bonchev–Trinajstić information content (AvgIpc) is 2.33. The van der Waals surface area contributed by atoms with Crippen molar-refractivity contribution in [3.8, 4) is 0 Å². The van der Waals surface area contributed by atoms with Gasteiger partial charge in [0.15, 0.2) is 0 Å². The van der Waals surface area contributed by atoms with E-state index in [-0.39, 0.29) is 0 Å². The van der Waals surface area contributed by atoms with Crippen LogP contribution in [0.2, 0.25) is 0 Å². The summed E-state index contributed by atoms with van der Waals surface area (Å²) in [7, 11) is 1.95. The Morgan fingerprint density at radius 2 is 2.36 bits per heavy atom. The summed E-state index contributed by atoms with van der Waals surface area (Å²) in [6.45, 7) is 6.06. The molecule has 0 atom stereocenters. The zero-order chi connectivity index (χ0) is 8.27. The Morgan fingerprint density at radius 3 is 2.91 bits per heavy atom. The highest BCUT2D eigenvalue weighted by atomic mass is 15.1. The van der Waals surface area contributed by atoms with E-state index in [1.54, 1.807) is 0 Å². The number of hydrogen-bond donors (Lipinski definition) is 1. The van der Waals surface area contributed by atoms with Crippen molar-refractivity contribution in [1.82, 2.24) is 14.9 Å². The Balaban J connectivity index is 2.86. The number of aryl methyl sites for hydroxylation is 1. The highest BCUT2D eigenvalue weighted by molar-refractivity contribution is 5.03. The van der Waals surface area contributed by atoms with Crippen LogP contribution in [0.15, 0.2) is 6.20 Å². The van der Waals surface area contributed by atoms with Gasteiger partial charge in [0.1, 0.15) is 5.82 Å². The normalized spacial score (nSPS) is 10.5. The average molecular weight is 153 g/mol. The minimum Gasteiger partial charge on any atom is -0.331 e. The van der Waals surface area contributed by atoms with Gasteiger partial charge in [0.2, 0.25) is 0 Å². The van der Waals surface area contributed by atoms with Crippen LogP contribution in [0.25, 0.3) is 0 Å². The van der Waals surface area contributed by atoms with E-state index in [9.17, 15) is 0 Å². The van der Waals surface area contributed by atoms with Gasteiger partial charge in [0, 0.05) is 19.3 Å². The molecule has 0 amide bonds. The van der Waals surface area contributed by atoms with Gasteiger partial charge in [-0.25, -0.2) is 4.98 Å². The largest absolute Gasteiger partial charge is 0.331 e. The predicted molar refractivity (Wildman–Crippen MR) is 45.4 cm³/mol. The zero-order valence-corrected chi connectivity index (χ0v) is 7.39. The minimum atomic E-state index is 0.898. The molecule has 0 aliphatic carbocycles. The van der Waals surface area contributed by atoms with Crippen LogP contribution in [-0.4, -0.2) is 16.6 Å². The van der Waals surface area contributed by atoms with Gasteiger partial charge in [-0.05, 0) is 20.9 Å². The maximum atomic E-state index is 4.23. The van der Waals surface area contributed by atoms with Crippen molar-refractivity contribution < 1.29 is 0 Å². The molecule has 3 heteroatoms. The summed E-state index contributed by atoms with van der Waals surface area (Å²) < 4.78 is 2.20. The SMILES string of the molecule is CCn1c(CNC)cnc1C. The number of nitrogens with one attached hydrogen (secondary N) is 1. The van der Waals surface area contributed by atoms with E-state index >= 15 is 0 Å². The first-order valence-corrected chi connectivity index (χ1v) is 3.95. The molecule has 0 aliphatic rings. The number of imidazole rings is 1. The molecule has 0 unspecified atom stereocenters. The summed E-state index contributed by atoms with van der Waals surface area (Å²) in [5, 5.41) is 3.11. The standard InChI is InChI=1S/C8H15N3/c1-4-11-7(2)10-6-8(11)5-9-3/h6,9H,4-5H2,1-3H3. The monoisotopic (exact) mass is 153 g/mol. The van der Waals surface area contributed by atoms with Crippen molar-refractivity contribution in [2.45, 2.75) is 26.9 Å². The van der Waals surface area contributed by atoms with Crippen molar-refractivity contribution >= 4 is 0 Å². The van der Waals surface area contributed by atoms with E-state index in [0.717, 1.165) is 18.9 Å². The molecule has 0 saturated carbocycles. The Labute approximate surface area is 67.4 Å². The molecule has 0 radical (unpaired) electrons. The summed E-state index contributed by atoms with van der Waals surface area (Å²) >= 11 is 0. The van der Waals surface area contributed by atoms with Crippen molar-refractivity contribution in [2.24, 2.45) is 0 Å². The second-order valence-electron chi connectivity index (χ2n) is 2.57. The summed E-state index contributed by atoms with van der Waals surface area (Å²) in [5.74, 6) is 1.10. The summed E-state index contributed by atoms with van der Waals surface area (Å²) in [5.41, 5.74) is 1.26. The third-order valence-corrected chi connectivity index (χ3v) is 1.81. The van der Waals surface area contributed by atoms with Gasteiger partial charge in [-0.1, -0.05) is 0 Å². The van der Waals surface area contributed by atoms with Crippen molar-refractivity contribution in [1.29, 1.82) is 0 Å². The first-order valence-electron chi connectivity index (χ1n) is 3.95. The third kappa shape index (κ3) is 1.60. The van der Waals surface area contributed by atoms with E-state index in [2.05, 4.69) is 21.8 Å². The van der Waals surface area contributed by atoms with E-state index in [1.807, 2.05) is 20.2 Å². The number of hydrogen-bond acceptors (Lipinski definition) is 2. The van der Waals surface area contributed by atoms with E-state index in [4.69, 9.17) is 0 Å². The van der Waals surface area contributed by atoms with Crippen LogP contribution in [0.3, 0.4) is 0 Å². The lowest BCUT2D eigenvalue weighted by Crippen LogP contribution is -2.11. The fourth-order valence-corrected chi connectivity index (χ4v) is 1.27. The topological polar surface area (TPSA) is 29.9 Å². The molecule has 3 nitrogen and oxygen atoms in total. The molecule has 62 valence electrons. The van der Waals surface area contributed by atoms with Crippen LogP contribution >= 0.6 is 0 Å². The molecule has 11 heavy (non-hydrogen) atoms. The quantitative estimate of drug-likeness (QED) is 0.700. The van der Waals surface area contributed by atoms with E-state index in [1.165, 1.54) is 5.69 Å². The van der Waals surface area contributed by atoms with Crippen LogP contribution in [0, 0.1) is 6.92 Å². The zero-order valence-electron chi connectivity index (χ0n) is 7.39. The fourth-order valence-electron chi connectivity index (χ4n) is 1.27. The molecule has 1 aromatic heterocycles. The Hall–Kier alpha value is -0.830. The number of aromatic nitrogens is 2. The lowest BCUT2D eigenvalue weighted by atomic mass is 10.4. The Kier molecular flexibility index (Phi) is 2.65. The molecular weight excluding hydrogens is 138 g/mol. The van der Waals surface area contributed by atoms with Gasteiger partial charge in [0.25, 0.3) is 0 Å². The second-order valence-corrected chi connectivity index (χ2v) is 2.57. The number of rotatable bonds is 3. The molecule has 0 bridgehead atoms. The second kappa shape index (κ2) is 3.53. The van der Waals surface area contributed by atoms with Crippen LogP contribution < -0.4 is 5.32 Å². The molecule has 0 spiro atoms. The van der Waals surface area contributed by atoms with Crippen LogP contribution in [-0.2, 0) is 13.1 Å². The summed E-state index contributed by atoms with van der Waals surface area (Å²) in [6.07, 6.45) is 1.93. The molecule has 1 N–H and O–H groups in total. The molecule has 1 aromatic rings. The van der Waals surface area contributed by atoms with Gasteiger partial charge >= 0.3 is 0 Å². The third-order valence-electron chi connectivity index (χ3n) is 1.81. The van der Waals surface area contributed by atoms with Crippen molar-refractivity contribution in [2.75, 3.05) is 7.05 Å². The van der Waals surface area contributed by atoms with Crippen molar-refractivity contribution in [3.05, 3.63) is 17.7 Å². The first-order chi connectivity index (χ1) is 5.29. The molecule has 0 fully saturated rings. The lowest BCUT2D eigenvalue weighted by Gasteiger charge is -2.05. The highest BCUT2D eigenvalue weighted by Gasteiger charge is 2.01. The predicted octanol–water partition coefficient (Wildman–Crippen LogP) is 0.931. The number of nitrogens with zero attached hydrogens (tertiary/aromatic N) is 2. The molecule has 0 aliphatic heterocycles. The van der Waals surface area contributed by atoms with Gasteiger partial charge in [-0.15, -0.1) is 0 Å². The van der Waals surface area contributed by atoms with Crippen LogP contribution in [0.1, 0.15) is 18.4 Å².